The lowest BCUT2D eigenvalue weighted by atomic mass is 10.0. The summed E-state index contributed by atoms with van der Waals surface area (Å²) in [6, 6.07) is 0. The summed E-state index contributed by atoms with van der Waals surface area (Å²) in [7, 11) is 0. The molecule has 2 unspecified atom stereocenters. The van der Waals surface area contributed by atoms with Crippen molar-refractivity contribution in [3.63, 3.8) is 0 Å². The maximum absolute atomic E-state index is 12.2. The van der Waals surface area contributed by atoms with E-state index in [1.807, 2.05) is 6.92 Å². The molecule has 15 heavy (non-hydrogen) atoms. The maximum atomic E-state index is 12.2. The molecular weight excluding hydrogens is 227 g/mol. The Bertz CT molecular complexity index is 323. The van der Waals surface area contributed by atoms with Crippen molar-refractivity contribution in [1.29, 1.82) is 0 Å². The third-order valence-electron chi connectivity index (χ3n) is 2.24. The summed E-state index contributed by atoms with van der Waals surface area (Å²) in [6.07, 6.45) is -3.47. The van der Waals surface area contributed by atoms with Crippen LogP contribution >= 0.6 is 11.3 Å². The standard InChI is InChI=1S/C9H12F3NOS/c1-3-5(2)7(14)6-4-13-8(15-6)9(10,11)12/h4-5,7,14H,3H2,1-2H3. The molecule has 0 radical (unpaired) electrons. The highest BCUT2D eigenvalue weighted by Crippen LogP contribution is 2.36. The number of hydrogen-bond donors (Lipinski definition) is 1. The molecule has 0 saturated carbocycles. The zero-order chi connectivity index (χ0) is 11.6. The Morgan fingerprint density at radius 2 is 2.13 bits per heavy atom. The van der Waals surface area contributed by atoms with Crippen molar-refractivity contribution in [3.05, 3.63) is 16.1 Å². The summed E-state index contributed by atoms with van der Waals surface area (Å²) in [6.45, 7) is 3.66. The van der Waals surface area contributed by atoms with Gasteiger partial charge in [-0.15, -0.1) is 11.3 Å². The number of rotatable bonds is 3. The number of hydrogen-bond acceptors (Lipinski definition) is 3. The molecule has 0 amide bonds. The van der Waals surface area contributed by atoms with Crippen LogP contribution in [0.15, 0.2) is 6.20 Å². The molecule has 1 aromatic rings. The van der Waals surface area contributed by atoms with Gasteiger partial charge in [-0.25, -0.2) is 4.98 Å². The first-order valence-corrected chi connectivity index (χ1v) is 5.39. The minimum atomic E-state index is -4.42. The predicted octanol–water partition coefficient (Wildman–Crippen LogP) is 3.24. The number of aliphatic hydroxyl groups is 1. The second-order valence-corrected chi connectivity index (χ2v) is 4.46. The van der Waals surface area contributed by atoms with Gasteiger partial charge >= 0.3 is 6.18 Å². The van der Waals surface area contributed by atoms with Gasteiger partial charge in [-0.2, -0.15) is 13.2 Å². The molecule has 6 heteroatoms. The van der Waals surface area contributed by atoms with Crippen molar-refractivity contribution < 1.29 is 18.3 Å². The number of aliphatic hydroxyl groups excluding tert-OH is 1. The normalized spacial score (nSPS) is 16.4. The van der Waals surface area contributed by atoms with E-state index in [2.05, 4.69) is 4.98 Å². The van der Waals surface area contributed by atoms with Crippen molar-refractivity contribution in [1.82, 2.24) is 4.98 Å². The van der Waals surface area contributed by atoms with E-state index in [1.165, 1.54) is 0 Å². The number of aromatic nitrogens is 1. The summed E-state index contributed by atoms with van der Waals surface area (Å²) in [5, 5.41) is 8.77. The van der Waals surface area contributed by atoms with Crippen LogP contribution in [-0.2, 0) is 6.18 Å². The second kappa shape index (κ2) is 4.49. The van der Waals surface area contributed by atoms with Crippen LogP contribution in [0.5, 0.6) is 0 Å². The minimum Gasteiger partial charge on any atom is -0.387 e. The lowest BCUT2D eigenvalue weighted by Gasteiger charge is -2.14. The van der Waals surface area contributed by atoms with E-state index in [-0.39, 0.29) is 10.8 Å². The predicted molar refractivity (Wildman–Crippen MR) is 51.5 cm³/mol. The van der Waals surface area contributed by atoms with Crippen LogP contribution in [0.4, 0.5) is 13.2 Å². The summed E-state index contributed by atoms with van der Waals surface area (Å²) < 4.78 is 36.6. The Labute approximate surface area is 89.8 Å². The van der Waals surface area contributed by atoms with E-state index in [0.717, 1.165) is 6.20 Å². The molecule has 0 bridgehead atoms. The van der Waals surface area contributed by atoms with Crippen LogP contribution in [0.1, 0.15) is 36.3 Å². The topological polar surface area (TPSA) is 33.1 Å². The molecule has 2 nitrogen and oxygen atoms in total. The first kappa shape index (κ1) is 12.4. The molecule has 0 aromatic carbocycles. The Morgan fingerprint density at radius 1 is 1.53 bits per heavy atom. The molecule has 0 saturated heterocycles. The van der Waals surface area contributed by atoms with E-state index in [1.54, 1.807) is 6.92 Å². The number of halogens is 3. The third-order valence-corrected chi connectivity index (χ3v) is 3.35. The van der Waals surface area contributed by atoms with Crippen molar-refractivity contribution >= 4 is 11.3 Å². The van der Waals surface area contributed by atoms with E-state index in [0.29, 0.717) is 17.8 Å². The summed E-state index contributed by atoms with van der Waals surface area (Å²) in [5.74, 6) is -0.0634. The van der Waals surface area contributed by atoms with Gasteiger partial charge in [0.25, 0.3) is 0 Å². The van der Waals surface area contributed by atoms with Gasteiger partial charge in [-0.1, -0.05) is 20.3 Å². The van der Waals surface area contributed by atoms with Gasteiger partial charge in [0.1, 0.15) is 0 Å². The van der Waals surface area contributed by atoms with Gasteiger partial charge in [0.2, 0.25) is 0 Å². The molecule has 0 spiro atoms. The van der Waals surface area contributed by atoms with Crippen molar-refractivity contribution in [2.75, 3.05) is 0 Å². The molecule has 2 atom stereocenters. The highest BCUT2D eigenvalue weighted by Gasteiger charge is 2.35. The number of nitrogens with zero attached hydrogens (tertiary/aromatic N) is 1. The Kier molecular flexibility index (Phi) is 3.72. The molecular formula is C9H12F3NOS. The van der Waals surface area contributed by atoms with Crippen LogP contribution in [-0.4, -0.2) is 10.1 Å². The van der Waals surface area contributed by atoms with Crippen molar-refractivity contribution in [2.45, 2.75) is 32.5 Å². The number of thiazole rings is 1. The van der Waals surface area contributed by atoms with E-state index >= 15 is 0 Å². The largest absolute Gasteiger partial charge is 0.443 e. The van der Waals surface area contributed by atoms with Gasteiger partial charge in [0, 0.05) is 6.20 Å². The van der Waals surface area contributed by atoms with Crippen LogP contribution in [0.3, 0.4) is 0 Å². The third kappa shape index (κ3) is 2.92. The lowest BCUT2D eigenvalue weighted by molar-refractivity contribution is -0.137. The molecule has 86 valence electrons. The number of alkyl halides is 3. The highest BCUT2D eigenvalue weighted by molar-refractivity contribution is 7.11. The average Bonchev–Trinajstić information content (AvgIpc) is 2.63. The zero-order valence-corrected chi connectivity index (χ0v) is 9.19. The van der Waals surface area contributed by atoms with Gasteiger partial charge in [0.15, 0.2) is 5.01 Å². The van der Waals surface area contributed by atoms with Gasteiger partial charge in [-0.3, -0.25) is 0 Å². The molecule has 0 aliphatic heterocycles. The molecule has 0 fully saturated rings. The monoisotopic (exact) mass is 239 g/mol. The molecule has 1 aromatic heterocycles. The van der Waals surface area contributed by atoms with Crippen LogP contribution < -0.4 is 0 Å². The minimum absolute atomic E-state index is 0.0634. The van der Waals surface area contributed by atoms with Crippen molar-refractivity contribution in [2.24, 2.45) is 5.92 Å². The summed E-state index contributed by atoms with van der Waals surface area (Å²) in [5.41, 5.74) is 0. The van der Waals surface area contributed by atoms with E-state index in [9.17, 15) is 18.3 Å². The Hall–Kier alpha value is -0.620. The van der Waals surface area contributed by atoms with Crippen molar-refractivity contribution in [3.8, 4) is 0 Å². The van der Waals surface area contributed by atoms with Gasteiger partial charge in [-0.05, 0) is 5.92 Å². The molecule has 1 rings (SSSR count). The summed E-state index contributed by atoms with van der Waals surface area (Å²) >= 11 is 0.506. The van der Waals surface area contributed by atoms with Crippen LogP contribution in [0, 0.1) is 5.92 Å². The highest BCUT2D eigenvalue weighted by atomic mass is 32.1. The van der Waals surface area contributed by atoms with Crippen LogP contribution in [0.2, 0.25) is 0 Å². The zero-order valence-electron chi connectivity index (χ0n) is 8.38. The molecule has 0 aliphatic carbocycles. The Balaban J connectivity index is 2.85. The molecule has 1 N–H and O–H groups in total. The molecule has 0 aliphatic rings. The molecule has 1 heterocycles. The average molecular weight is 239 g/mol. The Morgan fingerprint density at radius 3 is 2.53 bits per heavy atom. The lowest BCUT2D eigenvalue weighted by Crippen LogP contribution is -2.06. The smallest absolute Gasteiger partial charge is 0.387 e. The fraction of sp³-hybridized carbons (Fsp3) is 0.667. The first-order valence-electron chi connectivity index (χ1n) is 4.57. The van der Waals surface area contributed by atoms with E-state index in [4.69, 9.17) is 0 Å². The van der Waals surface area contributed by atoms with Gasteiger partial charge < -0.3 is 5.11 Å². The van der Waals surface area contributed by atoms with E-state index < -0.39 is 17.3 Å². The SMILES string of the molecule is CCC(C)C(O)c1cnc(C(F)(F)F)s1. The first-order chi connectivity index (χ1) is 6.86. The van der Waals surface area contributed by atoms with Crippen LogP contribution in [0.25, 0.3) is 0 Å². The quantitative estimate of drug-likeness (QED) is 0.878. The summed E-state index contributed by atoms with van der Waals surface area (Å²) in [4.78, 5) is 3.53. The fourth-order valence-electron chi connectivity index (χ4n) is 1.06. The second-order valence-electron chi connectivity index (χ2n) is 3.40. The fourth-order valence-corrected chi connectivity index (χ4v) is 1.96. The maximum Gasteiger partial charge on any atom is 0.443 e. The van der Waals surface area contributed by atoms with Gasteiger partial charge in [0.05, 0.1) is 11.0 Å².